The Balaban J connectivity index is 1.35. The summed E-state index contributed by atoms with van der Waals surface area (Å²) in [5, 5.41) is 6.46. The van der Waals surface area contributed by atoms with E-state index in [-0.39, 0.29) is 12.0 Å². The van der Waals surface area contributed by atoms with Gasteiger partial charge in [0, 0.05) is 48.1 Å². The summed E-state index contributed by atoms with van der Waals surface area (Å²) in [6.07, 6.45) is 0. The third kappa shape index (κ3) is 4.22. The van der Waals surface area contributed by atoms with Crippen LogP contribution in [-0.2, 0) is 6.54 Å². The molecular weight excluding hydrogens is 366 g/mol. The van der Waals surface area contributed by atoms with E-state index in [9.17, 15) is 8.78 Å². The SMILES string of the molecule is Fc1ccc(C2NNCC2CNCc2csc(-c3ccccc3)n2)c(F)c1. The molecule has 1 fully saturated rings. The molecule has 3 aromatic rings. The van der Waals surface area contributed by atoms with Gasteiger partial charge in [-0.05, 0) is 6.07 Å². The fourth-order valence-electron chi connectivity index (χ4n) is 3.30. The van der Waals surface area contributed by atoms with E-state index in [2.05, 4.69) is 26.5 Å². The first-order valence-electron chi connectivity index (χ1n) is 8.84. The van der Waals surface area contributed by atoms with Crippen LogP contribution in [0.5, 0.6) is 0 Å². The lowest BCUT2D eigenvalue weighted by molar-refractivity contribution is 0.424. The van der Waals surface area contributed by atoms with Crippen molar-refractivity contribution in [1.29, 1.82) is 0 Å². The van der Waals surface area contributed by atoms with Crippen molar-refractivity contribution in [2.75, 3.05) is 13.1 Å². The summed E-state index contributed by atoms with van der Waals surface area (Å²) in [7, 11) is 0. The molecule has 0 spiro atoms. The standard InChI is InChI=1S/C20H20F2N4S/c21-15-6-7-17(18(22)8-15)19-14(10-24-26-19)9-23-11-16-12-27-20(25-16)13-4-2-1-3-5-13/h1-8,12,14,19,23-24,26H,9-11H2. The first kappa shape index (κ1) is 18.2. The quantitative estimate of drug-likeness (QED) is 0.605. The molecule has 1 aromatic heterocycles. The number of benzene rings is 2. The number of nitrogens with one attached hydrogen (secondary N) is 3. The molecule has 27 heavy (non-hydrogen) atoms. The van der Waals surface area contributed by atoms with Crippen LogP contribution in [0.25, 0.3) is 10.6 Å². The van der Waals surface area contributed by atoms with Crippen molar-refractivity contribution in [2.24, 2.45) is 5.92 Å². The Morgan fingerprint density at radius 2 is 2.00 bits per heavy atom. The molecule has 3 N–H and O–H groups in total. The van der Waals surface area contributed by atoms with E-state index in [0.29, 0.717) is 25.2 Å². The van der Waals surface area contributed by atoms with Gasteiger partial charge in [-0.1, -0.05) is 36.4 Å². The van der Waals surface area contributed by atoms with Crippen LogP contribution in [0, 0.1) is 17.6 Å². The topological polar surface area (TPSA) is 49.0 Å². The fraction of sp³-hybridized carbons (Fsp3) is 0.250. The first-order valence-corrected chi connectivity index (χ1v) is 9.72. The van der Waals surface area contributed by atoms with Gasteiger partial charge in [-0.3, -0.25) is 5.43 Å². The Morgan fingerprint density at radius 1 is 1.15 bits per heavy atom. The molecule has 2 atom stereocenters. The van der Waals surface area contributed by atoms with Gasteiger partial charge in [-0.2, -0.15) is 0 Å². The van der Waals surface area contributed by atoms with Crippen LogP contribution in [0.3, 0.4) is 0 Å². The minimum atomic E-state index is -0.561. The van der Waals surface area contributed by atoms with Gasteiger partial charge in [-0.25, -0.2) is 19.2 Å². The van der Waals surface area contributed by atoms with Gasteiger partial charge >= 0.3 is 0 Å². The van der Waals surface area contributed by atoms with Crippen LogP contribution in [0.15, 0.2) is 53.9 Å². The molecular formula is C20H20F2N4S. The van der Waals surface area contributed by atoms with Crippen molar-refractivity contribution < 1.29 is 8.78 Å². The van der Waals surface area contributed by atoms with E-state index in [0.717, 1.165) is 22.3 Å². The molecule has 1 aliphatic rings. The third-order valence-corrected chi connectivity index (χ3v) is 5.62. The lowest BCUT2D eigenvalue weighted by Gasteiger charge is -2.19. The van der Waals surface area contributed by atoms with Crippen molar-refractivity contribution >= 4 is 11.3 Å². The van der Waals surface area contributed by atoms with Gasteiger partial charge in [-0.15, -0.1) is 11.3 Å². The molecule has 2 heterocycles. The van der Waals surface area contributed by atoms with E-state index in [4.69, 9.17) is 0 Å². The smallest absolute Gasteiger partial charge is 0.130 e. The number of aromatic nitrogens is 1. The molecule has 4 nitrogen and oxygen atoms in total. The lowest BCUT2D eigenvalue weighted by atomic mass is 9.94. The minimum absolute atomic E-state index is 0.150. The molecule has 2 unspecified atom stereocenters. The molecule has 2 aromatic carbocycles. The Morgan fingerprint density at radius 3 is 2.81 bits per heavy atom. The average Bonchev–Trinajstić information content (AvgIpc) is 3.32. The maximum absolute atomic E-state index is 14.1. The maximum atomic E-state index is 14.1. The number of hydrogen-bond donors (Lipinski definition) is 3. The molecule has 0 aliphatic carbocycles. The third-order valence-electron chi connectivity index (χ3n) is 4.68. The van der Waals surface area contributed by atoms with Gasteiger partial charge in [0.15, 0.2) is 0 Å². The highest BCUT2D eigenvalue weighted by Crippen LogP contribution is 2.27. The summed E-state index contributed by atoms with van der Waals surface area (Å²) in [5.41, 5.74) is 8.75. The van der Waals surface area contributed by atoms with E-state index >= 15 is 0 Å². The molecule has 0 radical (unpaired) electrons. The van der Waals surface area contributed by atoms with Gasteiger partial charge in [0.1, 0.15) is 16.6 Å². The highest BCUT2D eigenvalue weighted by Gasteiger charge is 2.30. The van der Waals surface area contributed by atoms with Crippen molar-refractivity contribution in [3.05, 3.63) is 76.8 Å². The van der Waals surface area contributed by atoms with E-state index < -0.39 is 11.6 Å². The summed E-state index contributed by atoms with van der Waals surface area (Å²) >= 11 is 1.63. The average molecular weight is 386 g/mol. The molecule has 0 bridgehead atoms. The molecule has 4 rings (SSSR count). The second kappa shape index (κ2) is 8.22. The predicted molar refractivity (Wildman–Crippen MR) is 103 cm³/mol. The summed E-state index contributed by atoms with van der Waals surface area (Å²) in [6.45, 7) is 2.05. The molecule has 140 valence electrons. The van der Waals surface area contributed by atoms with Crippen LogP contribution >= 0.6 is 11.3 Å². The summed E-state index contributed by atoms with van der Waals surface area (Å²) in [4.78, 5) is 4.67. The monoisotopic (exact) mass is 386 g/mol. The minimum Gasteiger partial charge on any atom is -0.311 e. The molecule has 0 saturated carbocycles. The molecule has 7 heteroatoms. The number of hydrogen-bond acceptors (Lipinski definition) is 5. The Bertz CT molecular complexity index is 900. The van der Waals surface area contributed by atoms with Crippen molar-refractivity contribution in [2.45, 2.75) is 12.6 Å². The zero-order chi connectivity index (χ0) is 18.6. The Kier molecular flexibility index (Phi) is 5.54. The van der Waals surface area contributed by atoms with Gasteiger partial charge in [0.05, 0.1) is 11.7 Å². The second-order valence-electron chi connectivity index (χ2n) is 6.57. The van der Waals surface area contributed by atoms with Crippen LogP contribution in [0.4, 0.5) is 8.78 Å². The number of rotatable bonds is 6. The van der Waals surface area contributed by atoms with Gasteiger partial charge in [0.25, 0.3) is 0 Å². The fourth-order valence-corrected chi connectivity index (χ4v) is 4.12. The summed E-state index contributed by atoms with van der Waals surface area (Å²) in [5.74, 6) is -0.931. The number of halogens is 2. The van der Waals surface area contributed by atoms with Crippen molar-refractivity contribution in [3.63, 3.8) is 0 Å². The molecule has 0 amide bonds. The normalized spacial score (nSPS) is 19.5. The van der Waals surface area contributed by atoms with Crippen molar-refractivity contribution in [1.82, 2.24) is 21.2 Å². The highest BCUT2D eigenvalue weighted by atomic mass is 32.1. The number of hydrazine groups is 1. The van der Waals surface area contributed by atoms with Crippen LogP contribution < -0.4 is 16.2 Å². The zero-order valence-corrected chi connectivity index (χ0v) is 15.4. The first-order chi connectivity index (χ1) is 13.2. The van der Waals surface area contributed by atoms with E-state index in [1.165, 1.54) is 12.1 Å². The Hall–Kier alpha value is -2.19. The number of thiazole rings is 1. The van der Waals surface area contributed by atoms with Crippen LogP contribution in [-0.4, -0.2) is 18.1 Å². The van der Waals surface area contributed by atoms with E-state index in [1.54, 1.807) is 11.3 Å². The highest BCUT2D eigenvalue weighted by molar-refractivity contribution is 7.13. The largest absolute Gasteiger partial charge is 0.311 e. The van der Waals surface area contributed by atoms with Crippen LogP contribution in [0.2, 0.25) is 0 Å². The zero-order valence-electron chi connectivity index (χ0n) is 14.6. The van der Waals surface area contributed by atoms with Crippen LogP contribution in [0.1, 0.15) is 17.3 Å². The second-order valence-corrected chi connectivity index (χ2v) is 7.43. The Labute approximate surface area is 160 Å². The molecule has 1 saturated heterocycles. The summed E-state index contributed by atoms with van der Waals surface area (Å²) in [6, 6.07) is 13.6. The van der Waals surface area contributed by atoms with Gasteiger partial charge < -0.3 is 5.32 Å². The maximum Gasteiger partial charge on any atom is 0.130 e. The predicted octanol–water partition coefficient (Wildman–Crippen LogP) is 3.64. The van der Waals surface area contributed by atoms with E-state index in [1.807, 2.05) is 30.3 Å². The van der Waals surface area contributed by atoms with Crippen molar-refractivity contribution in [3.8, 4) is 10.6 Å². The lowest BCUT2D eigenvalue weighted by Crippen LogP contribution is -2.29. The van der Waals surface area contributed by atoms with Gasteiger partial charge in [0.2, 0.25) is 0 Å². The summed E-state index contributed by atoms with van der Waals surface area (Å²) < 4.78 is 27.2. The molecule has 1 aliphatic heterocycles. The number of nitrogens with zero attached hydrogens (tertiary/aromatic N) is 1.